The van der Waals surface area contributed by atoms with E-state index in [0.29, 0.717) is 32.8 Å². The van der Waals surface area contributed by atoms with Crippen molar-refractivity contribution in [1.29, 1.82) is 0 Å². The van der Waals surface area contributed by atoms with Gasteiger partial charge in [0.25, 0.3) is 11.8 Å². The van der Waals surface area contributed by atoms with Gasteiger partial charge in [0.2, 0.25) is 0 Å². The molecule has 0 saturated carbocycles. The van der Waals surface area contributed by atoms with Gasteiger partial charge in [0, 0.05) is 12.1 Å². The number of rotatable bonds is 6. The van der Waals surface area contributed by atoms with E-state index < -0.39 is 0 Å². The lowest BCUT2D eigenvalue weighted by molar-refractivity contribution is -0.115. The molecule has 1 saturated heterocycles. The second-order valence-electron chi connectivity index (χ2n) is 7.09. The Morgan fingerprint density at radius 1 is 1.00 bits per heavy atom. The summed E-state index contributed by atoms with van der Waals surface area (Å²) in [4.78, 5) is 30.4. The number of methoxy groups -OCH3 is 1. The summed E-state index contributed by atoms with van der Waals surface area (Å²) in [5, 5.41) is 0. The average molecular weight is 439 g/mol. The SMILES string of the molecule is CCCCCN1C(=O)/C(=C2\SC(=S)N(c3ccc(OC)cc3)C2=O)c2ccccc21. The number of carbonyl (C=O) groups excluding carboxylic acids is 2. The number of fused-ring (bicyclic) bond motifs is 1. The molecule has 2 aliphatic heterocycles. The Kier molecular flexibility index (Phi) is 5.92. The molecule has 0 radical (unpaired) electrons. The number of hydrogen-bond donors (Lipinski definition) is 0. The lowest BCUT2D eigenvalue weighted by Crippen LogP contribution is -2.29. The van der Waals surface area contributed by atoms with Crippen LogP contribution in [-0.2, 0) is 9.59 Å². The Bertz CT molecular complexity index is 1050. The van der Waals surface area contributed by atoms with Gasteiger partial charge in [-0.25, -0.2) is 0 Å². The van der Waals surface area contributed by atoms with E-state index in [0.717, 1.165) is 30.5 Å². The van der Waals surface area contributed by atoms with Gasteiger partial charge in [-0.3, -0.25) is 14.5 Å². The van der Waals surface area contributed by atoms with Gasteiger partial charge < -0.3 is 9.64 Å². The topological polar surface area (TPSA) is 49.9 Å². The molecular formula is C23H22N2O3S2. The van der Waals surface area contributed by atoms with Gasteiger partial charge in [-0.2, -0.15) is 0 Å². The Morgan fingerprint density at radius 3 is 2.43 bits per heavy atom. The first-order chi connectivity index (χ1) is 14.6. The van der Waals surface area contributed by atoms with Crippen molar-refractivity contribution in [2.75, 3.05) is 23.5 Å². The van der Waals surface area contributed by atoms with E-state index in [9.17, 15) is 9.59 Å². The van der Waals surface area contributed by atoms with E-state index in [-0.39, 0.29) is 11.8 Å². The minimum Gasteiger partial charge on any atom is -0.497 e. The highest BCUT2D eigenvalue weighted by Crippen LogP contribution is 2.45. The molecule has 2 heterocycles. The number of nitrogens with zero attached hydrogens (tertiary/aromatic N) is 2. The van der Waals surface area contributed by atoms with E-state index in [4.69, 9.17) is 17.0 Å². The number of para-hydroxylation sites is 1. The van der Waals surface area contributed by atoms with Crippen molar-refractivity contribution in [3.05, 3.63) is 59.0 Å². The molecule has 2 aliphatic rings. The molecule has 4 rings (SSSR count). The van der Waals surface area contributed by atoms with E-state index in [1.165, 1.54) is 16.7 Å². The van der Waals surface area contributed by atoms with Crippen LogP contribution in [0.15, 0.2) is 53.4 Å². The van der Waals surface area contributed by atoms with Crippen LogP contribution in [0.1, 0.15) is 31.7 Å². The van der Waals surface area contributed by atoms with Gasteiger partial charge in [0.1, 0.15) is 5.75 Å². The van der Waals surface area contributed by atoms with Crippen molar-refractivity contribution in [2.45, 2.75) is 26.2 Å². The third kappa shape index (κ3) is 3.52. The number of ether oxygens (including phenoxy) is 1. The number of unbranched alkanes of at least 4 members (excludes halogenated alkanes) is 2. The Balaban J connectivity index is 1.72. The first-order valence-electron chi connectivity index (χ1n) is 9.92. The third-order valence-electron chi connectivity index (χ3n) is 5.24. The zero-order valence-corrected chi connectivity index (χ0v) is 18.5. The number of anilines is 2. The van der Waals surface area contributed by atoms with E-state index in [1.54, 1.807) is 36.3 Å². The van der Waals surface area contributed by atoms with Crippen molar-refractivity contribution in [2.24, 2.45) is 0 Å². The number of benzene rings is 2. The fourth-order valence-electron chi connectivity index (χ4n) is 3.71. The first-order valence-corrected chi connectivity index (χ1v) is 11.1. The van der Waals surface area contributed by atoms with Crippen LogP contribution < -0.4 is 14.5 Å². The number of hydrogen-bond acceptors (Lipinski definition) is 5. The average Bonchev–Trinajstić information content (AvgIpc) is 3.20. The van der Waals surface area contributed by atoms with Crippen LogP contribution in [-0.4, -0.2) is 29.8 Å². The van der Waals surface area contributed by atoms with Crippen molar-refractivity contribution >= 4 is 57.1 Å². The number of amides is 2. The van der Waals surface area contributed by atoms with E-state index in [2.05, 4.69) is 6.92 Å². The largest absolute Gasteiger partial charge is 0.497 e. The minimum atomic E-state index is -0.260. The third-order valence-corrected chi connectivity index (χ3v) is 6.61. The number of thiocarbonyl (C=S) groups is 1. The van der Waals surface area contributed by atoms with Crippen LogP contribution in [0.5, 0.6) is 5.75 Å². The zero-order chi connectivity index (χ0) is 21.3. The van der Waals surface area contributed by atoms with Crippen LogP contribution in [0.25, 0.3) is 5.57 Å². The standard InChI is InChI=1S/C23H22N2O3S2/c1-3-4-7-14-24-18-9-6-5-8-17(18)19(21(24)26)20-22(27)25(23(29)30-20)15-10-12-16(28-2)13-11-15/h5-6,8-13H,3-4,7,14H2,1-2H3/b20-19-. The number of carbonyl (C=O) groups is 2. The molecule has 2 amide bonds. The molecule has 5 nitrogen and oxygen atoms in total. The normalized spacial score (nSPS) is 18.4. The Morgan fingerprint density at radius 2 is 1.73 bits per heavy atom. The maximum Gasteiger partial charge on any atom is 0.271 e. The lowest BCUT2D eigenvalue weighted by atomic mass is 10.1. The Labute approximate surface area is 185 Å². The highest BCUT2D eigenvalue weighted by atomic mass is 32.2. The molecule has 2 aromatic rings. The van der Waals surface area contributed by atoms with Crippen LogP contribution in [0.3, 0.4) is 0 Å². The molecule has 0 atom stereocenters. The van der Waals surface area contributed by atoms with Gasteiger partial charge in [0.15, 0.2) is 4.32 Å². The van der Waals surface area contributed by atoms with Gasteiger partial charge in [-0.1, -0.05) is 61.9 Å². The molecule has 1 fully saturated rings. The first kappa shape index (κ1) is 20.6. The molecule has 2 aromatic carbocycles. The van der Waals surface area contributed by atoms with Gasteiger partial charge in [-0.15, -0.1) is 0 Å². The second-order valence-corrected chi connectivity index (χ2v) is 8.74. The molecule has 0 aliphatic carbocycles. The fourth-order valence-corrected chi connectivity index (χ4v) is 5.08. The summed E-state index contributed by atoms with van der Waals surface area (Å²) in [6.45, 7) is 2.78. The molecule has 30 heavy (non-hydrogen) atoms. The molecule has 154 valence electrons. The maximum atomic E-state index is 13.3. The summed E-state index contributed by atoms with van der Waals surface area (Å²) in [5.74, 6) is 0.316. The predicted molar refractivity (Wildman–Crippen MR) is 126 cm³/mol. The smallest absolute Gasteiger partial charge is 0.271 e. The quantitative estimate of drug-likeness (QED) is 0.361. The van der Waals surface area contributed by atoms with Crippen LogP contribution in [0, 0.1) is 0 Å². The van der Waals surface area contributed by atoms with Gasteiger partial charge >= 0.3 is 0 Å². The second kappa shape index (κ2) is 8.62. The zero-order valence-electron chi connectivity index (χ0n) is 16.9. The summed E-state index contributed by atoms with van der Waals surface area (Å²) in [6, 6.07) is 14.8. The summed E-state index contributed by atoms with van der Waals surface area (Å²) >= 11 is 6.69. The molecule has 0 spiro atoms. The summed E-state index contributed by atoms with van der Waals surface area (Å²) < 4.78 is 5.61. The summed E-state index contributed by atoms with van der Waals surface area (Å²) in [7, 11) is 1.59. The maximum absolute atomic E-state index is 13.3. The highest BCUT2D eigenvalue weighted by molar-refractivity contribution is 8.27. The van der Waals surface area contributed by atoms with Crippen molar-refractivity contribution < 1.29 is 14.3 Å². The summed E-state index contributed by atoms with van der Waals surface area (Å²) in [5.41, 5.74) is 2.78. The van der Waals surface area contributed by atoms with Gasteiger partial charge in [-0.05, 0) is 36.8 Å². The van der Waals surface area contributed by atoms with Crippen LogP contribution >= 0.6 is 24.0 Å². The molecular weight excluding hydrogens is 416 g/mol. The van der Waals surface area contributed by atoms with Crippen molar-refractivity contribution in [1.82, 2.24) is 0 Å². The molecule has 0 N–H and O–H groups in total. The van der Waals surface area contributed by atoms with Crippen molar-refractivity contribution in [3.8, 4) is 5.75 Å². The monoisotopic (exact) mass is 438 g/mol. The Hall–Kier alpha value is -2.64. The van der Waals surface area contributed by atoms with E-state index >= 15 is 0 Å². The van der Waals surface area contributed by atoms with Gasteiger partial charge in [0.05, 0.1) is 29.0 Å². The molecule has 7 heteroatoms. The van der Waals surface area contributed by atoms with Crippen LogP contribution in [0.2, 0.25) is 0 Å². The molecule has 0 aromatic heterocycles. The van der Waals surface area contributed by atoms with Crippen LogP contribution in [0.4, 0.5) is 11.4 Å². The molecule has 0 bridgehead atoms. The van der Waals surface area contributed by atoms with Crippen molar-refractivity contribution in [3.63, 3.8) is 0 Å². The van der Waals surface area contributed by atoms with E-state index in [1.807, 2.05) is 24.3 Å². The fraction of sp³-hybridized carbons (Fsp3) is 0.261. The number of thioether (sulfide) groups is 1. The molecule has 0 unspecified atom stereocenters. The lowest BCUT2D eigenvalue weighted by Gasteiger charge is -2.16. The summed E-state index contributed by atoms with van der Waals surface area (Å²) in [6.07, 6.45) is 3.06. The minimum absolute atomic E-state index is 0.123. The predicted octanol–water partition coefficient (Wildman–Crippen LogP) is 5.01. The highest BCUT2D eigenvalue weighted by Gasteiger charge is 2.42.